The molecule has 1 atom stereocenters. The van der Waals surface area contributed by atoms with Crippen molar-refractivity contribution in [1.29, 1.82) is 0 Å². The van der Waals surface area contributed by atoms with Crippen LogP contribution in [0.5, 0.6) is 23.0 Å². The molecule has 6 nitrogen and oxygen atoms in total. The Morgan fingerprint density at radius 3 is 2.62 bits per heavy atom. The molecule has 1 unspecified atom stereocenters. The Hall–Kier alpha value is -3.15. The second kappa shape index (κ2) is 6.17. The summed E-state index contributed by atoms with van der Waals surface area (Å²) in [6, 6.07) is 2.36. The van der Waals surface area contributed by atoms with Crippen molar-refractivity contribution in [3.05, 3.63) is 45.1 Å². The van der Waals surface area contributed by atoms with Crippen molar-refractivity contribution < 1.29 is 32.7 Å². The highest BCUT2D eigenvalue weighted by atomic mass is 16.5. The molecular weight excluding hydrogens is 372 g/mol. The number of allylic oxidation sites excluding steroid dienone is 2. The van der Waals surface area contributed by atoms with E-state index in [1.807, 2.05) is 0 Å². The molecule has 2 aromatic carbocycles. The van der Waals surface area contributed by atoms with Crippen LogP contribution in [0, 0.1) is 0 Å². The summed E-state index contributed by atoms with van der Waals surface area (Å²) in [5, 5.41) is 31.1. The normalized spacial score (nSPS) is 21.3. The molecule has 1 aliphatic rings. The molecule has 1 aliphatic heterocycles. The summed E-state index contributed by atoms with van der Waals surface area (Å²) in [5.74, 6) is -1.47. The number of ether oxygens (including phenoxy) is 1. The van der Waals surface area contributed by atoms with E-state index in [0.29, 0.717) is 5.56 Å². The maximum absolute atomic E-state index is 13.4. The fraction of sp³-hybridized carbons (Fsp3) is 0.348. The van der Waals surface area contributed by atoms with E-state index < -0.39 is 47.7 Å². The molecule has 6 heteroatoms. The lowest BCUT2D eigenvalue weighted by Crippen LogP contribution is -2.29. The molecule has 0 bridgehead atoms. The highest BCUT2D eigenvalue weighted by molar-refractivity contribution is 5.99. The van der Waals surface area contributed by atoms with Gasteiger partial charge in [-0.2, -0.15) is 0 Å². The Morgan fingerprint density at radius 1 is 1.21 bits per heavy atom. The molecule has 0 amide bonds. The maximum atomic E-state index is 13.4. The molecular formula is C23H24O6. The molecule has 0 fully saturated rings. The minimum atomic E-state index is -2.91. The number of hydrogen-bond donors (Lipinski definition) is 3. The Bertz CT molecular complexity index is 1450. The molecule has 3 N–H and O–H groups in total. The molecule has 0 saturated heterocycles. The lowest BCUT2D eigenvalue weighted by Gasteiger charge is -2.23. The summed E-state index contributed by atoms with van der Waals surface area (Å²) in [4.78, 5) is 13.4. The van der Waals surface area contributed by atoms with Crippen LogP contribution < -0.4 is 10.2 Å². The molecule has 1 aromatic heterocycles. The molecule has 0 saturated carbocycles. The van der Waals surface area contributed by atoms with E-state index >= 15 is 0 Å². The Kier molecular flexibility index (Phi) is 2.80. The summed E-state index contributed by atoms with van der Waals surface area (Å²) in [6.45, 7) is -0.455. The highest BCUT2D eigenvalue weighted by Gasteiger charge is 2.44. The van der Waals surface area contributed by atoms with Crippen LogP contribution >= 0.6 is 0 Å². The monoisotopic (exact) mass is 402 g/mol. The van der Waals surface area contributed by atoms with E-state index in [1.165, 1.54) is 6.07 Å². The first kappa shape index (κ1) is 13.1. The summed E-state index contributed by atoms with van der Waals surface area (Å²) in [7, 11) is 0. The first-order valence-electron chi connectivity index (χ1n) is 12.1. The smallest absolute Gasteiger partial charge is 0.204 e. The van der Waals surface area contributed by atoms with Crippen LogP contribution in [-0.2, 0) is 11.8 Å². The summed E-state index contributed by atoms with van der Waals surface area (Å²) < 4.78 is 57.7. The third-order valence-electron chi connectivity index (χ3n) is 5.73. The van der Waals surface area contributed by atoms with Gasteiger partial charge < -0.3 is 24.5 Å². The molecule has 0 radical (unpaired) electrons. The number of rotatable bonds is 2. The van der Waals surface area contributed by atoms with E-state index in [2.05, 4.69) is 0 Å². The van der Waals surface area contributed by atoms with Gasteiger partial charge in [0.1, 0.15) is 28.6 Å². The van der Waals surface area contributed by atoms with Crippen LogP contribution in [0.4, 0.5) is 0 Å². The minimum absolute atomic E-state index is 0.0972. The van der Waals surface area contributed by atoms with E-state index in [4.69, 9.17) is 17.4 Å². The Morgan fingerprint density at radius 2 is 1.93 bits per heavy atom. The van der Waals surface area contributed by atoms with Gasteiger partial charge in [-0.1, -0.05) is 25.5 Å². The zero-order valence-electron chi connectivity index (χ0n) is 22.1. The highest BCUT2D eigenvalue weighted by Crippen LogP contribution is 2.53. The van der Waals surface area contributed by atoms with Crippen LogP contribution in [0.1, 0.15) is 53.8 Å². The van der Waals surface area contributed by atoms with Gasteiger partial charge >= 0.3 is 0 Å². The average Bonchev–Trinajstić information content (AvgIpc) is 2.94. The Labute approximate surface area is 176 Å². The van der Waals surface area contributed by atoms with Gasteiger partial charge in [0, 0.05) is 24.8 Å². The lowest BCUT2D eigenvalue weighted by atomic mass is 9.79. The molecule has 152 valence electrons. The third-order valence-corrected chi connectivity index (χ3v) is 5.73. The van der Waals surface area contributed by atoms with E-state index in [0.717, 1.165) is 12.1 Å². The molecule has 2 heterocycles. The number of aromatic hydroxyl groups is 3. The fourth-order valence-corrected chi connectivity index (χ4v) is 3.79. The largest absolute Gasteiger partial charge is 0.507 e. The second-order valence-corrected chi connectivity index (χ2v) is 7.78. The van der Waals surface area contributed by atoms with Crippen molar-refractivity contribution in [1.82, 2.24) is 0 Å². The van der Waals surface area contributed by atoms with Gasteiger partial charge in [0.05, 0.1) is 5.39 Å². The Balaban J connectivity index is 2.16. The summed E-state index contributed by atoms with van der Waals surface area (Å²) >= 11 is 0. The topological polar surface area (TPSA) is 100 Å². The van der Waals surface area contributed by atoms with E-state index in [1.54, 1.807) is 20.8 Å². The standard InChI is InChI=1S/C23H24O6/c1-10(2)6-7-13-20-15(19(27)16-21(13)28-11(3)23(16,4)5)17(25)12-8-9-14(24)18(26)22(12)29-20/h6,8-9,11,24,26-27H,7H2,1-5H3/i1D3,2D3. The van der Waals surface area contributed by atoms with Gasteiger partial charge in [0.15, 0.2) is 11.3 Å². The number of hydrogen-bond acceptors (Lipinski definition) is 6. The zero-order valence-corrected chi connectivity index (χ0v) is 16.1. The van der Waals surface area contributed by atoms with E-state index in [-0.39, 0.29) is 45.4 Å². The number of phenolic OH excluding ortho intramolecular Hbond substituents is 3. The second-order valence-electron chi connectivity index (χ2n) is 7.78. The lowest BCUT2D eigenvalue weighted by molar-refractivity contribution is 0.184. The predicted octanol–water partition coefficient (Wildman–Crippen LogP) is 4.63. The van der Waals surface area contributed by atoms with Crippen molar-refractivity contribution in [3.8, 4) is 23.0 Å². The summed E-state index contributed by atoms with van der Waals surface area (Å²) in [6.07, 6.45) is 0.245. The van der Waals surface area contributed by atoms with Crippen LogP contribution in [0.25, 0.3) is 21.9 Å². The van der Waals surface area contributed by atoms with Crippen molar-refractivity contribution in [3.63, 3.8) is 0 Å². The van der Waals surface area contributed by atoms with Crippen LogP contribution in [0.15, 0.2) is 33.0 Å². The van der Waals surface area contributed by atoms with Crippen LogP contribution in [0.2, 0.25) is 0 Å². The van der Waals surface area contributed by atoms with Gasteiger partial charge in [-0.15, -0.1) is 0 Å². The van der Waals surface area contributed by atoms with Crippen molar-refractivity contribution >= 4 is 21.9 Å². The molecule has 0 spiro atoms. The molecule has 4 rings (SSSR count). The maximum Gasteiger partial charge on any atom is 0.204 e. The van der Waals surface area contributed by atoms with Gasteiger partial charge in [0.25, 0.3) is 0 Å². The van der Waals surface area contributed by atoms with E-state index in [9.17, 15) is 20.1 Å². The molecule has 29 heavy (non-hydrogen) atoms. The van der Waals surface area contributed by atoms with Crippen molar-refractivity contribution in [2.24, 2.45) is 0 Å². The van der Waals surface area contributed by atoms with Gasteiger partial charge in [0.2, 0.25) is 11.2 Å². The number of fused-ring (bicyclic) bond motifs is 3. The van der Waals surface area contributed by atoms with Gasteiger partial charge in [-0.3, -0.25) is 4.79 Å². The van der Waals surface area contributed by atoms with Crippen LogP contribution in [-0.4, -0.2) is 21.4 Å². The fourth-order valence-electron chi connectivity index (χ4n) is 3.79. The summed E-state index contributed by atoms with van der Waals surface area (Å²) in [5.41, 5.74) is -2.34. The first-order chi connectivity index (χ1) is 16.0. The molecule has 3 aromatic rings. The predicted molar refractivity (Wildman–Crippen MR) is 111 cm³/mol. The number of benzene rings is 2. The van der Waals surface area contributed by atoms with Gasteiger partial charge in [-0.05, 0) is 39.2 Å². The van der Waals surface area contributed by atoms with Crippen molar-refractivity contribution in [2.45, 2.75) is 52.4 Å². The SMILES string of the molecule is [2H]C([2H])([2H])C(=CCc1c2c(c(O)c3c(=O)c4ccc(O)c(O)c4oc13)C(C)(C)C(C)O2)C([2H])([2H])[2H]. The first-order valence-corrected chi connectivity index (χ1v) is 9.05. The third kappa shape index (κ3) is 2.58. The van der Waals surface area contributed by atoms with Gasteiger partial charge in [-0.25, -0.2) is 0 Å². The molecule has 0 aliphatic carbocycles. The average molecular weight is 402 g/mol. The zero-order chi connectivity index (χ0) is 26.2. The van der Waals surface area contributed by atoms with Crippen molar-refractivity contribution in [2.75, 3.05) is 0 Å². The minimum Gasteiger partial charge on any atom is -0.507 e. The quantitative estimate of drug-likeness (QED) is 0.328. The van der Waals surface area contributed by atoms with Crippen LogP contribution in [0.3, 0.4) is 0 Å². The number of phenols is 3.